The number of alkyl halides is 3. The Hall–Kier alpha value is -2.96. The number of nitrogens with zero attached hydrogens (tertiary/aromatic N) is 2. The predicted molar refractivity (Wildman–Crippen MR) is 116 cm³/mol. The molecule has 1 fully saturated rings. The number of rotatable bonds is 5. The number of likely N-dealkylation sites (N-methyl/N-ethyl adjacent to an activating group) is 1. The topological polar surface area (TPSA) is 98.8 Å². The molecule has 0 bridgehead atoms. The van der Waals surface area contributed by atoms with E-state index in [1.165, 1.54) is 35.5 Å². The van der Waals surface area contributed by atoms with E-state index in [9.17, 15) is 31.2 Å². The first-order valence-corrected chi connectivity index (χ1v) is 11.4. The highest BCUT2D eigenvalue weighted by molar-refractivity contribution is 7.89. The van der Waals surface area contributed by atoms with Gasteiger partial charge in [-0.25, -0.2) is 8.42 Å². The van der Waals surface area contributed by atoms with Crippen molar-refractivity contribution < 1.29 is 31.2 Å². The summed E-state index contributed by atoms with van der Waals surface area (Å²) >= 11 is 0. The molecular formula is C21H23F3N4O4S. The SMILES string of the molecule is CC(=O)Nc1ccc(C(F)(F)F)cc1NC(=O)c1cccc(S(=O)(=O)N2CCN(C)CC2)c1. The second kappa shape index (κ2) is 9.49. The van der Waals surface area contributed by atoms with Gasteiger partial charge in [0.25, 0.3) is 5.91 Å². The summed E-state index contributed by atoms with van der Waals surface area (Å²) in [7, 11) is -1.96. The summed E-state index contributed by atoms with van der Waals surface area (Å²) in [6, 6.07) is 7.79. The molecule has 1 saturated heterocycles. The highest BCUT2D eigenvalue weighted by Gasteiger charge is 2.32. The van der Waals surface area contributed by atoms with Crippen molar-refractivity contribution >= 4 is 33.2 Å². The third kappa shape index (κ3) is 5.89. The van der Waals surface area contributed by atoms with Gasteiger partial charge in [0.15, 0.2) is 0 Å². The Morgan fingerprint density at radius 1 is 0.939 bits per heavy atom. The molecule has 2 N–H and O–H groups in total. The molecule has 2 amide bonds. The van der Waals surface area contributed by atoms with E-state index in [0.717, 1.165) is 12.1 Å². The molecule has 2 aromatic carbocycles. The Bertz CT molecular complexity index is 1160. The van der Waals surface area contributed by atoms with Crippen LogP contribution in [-0.4, -0.2) is 62.7 Å². The maximum Gasteiger partial charge on any atom is 0.416 e. The van der Waals surface area contributed by atoms with E-state index in [0.29, 0.717) is 32.2 Å². The molecule has 3 rings (SSSR count). The predicted octanol–water partition coefficient (Wildman–Crippen LogP) is 2.85. The summed E-state index contributed by atoms with van der Waals surface area (Å²) in [4.78, 5) is 26.1. The molecule has 2 aromatic rings. The summed E-state index contributed by atoms with van der Waals surface area (Å²) in [5.74, 6) is -1.36. The summed E-state index contributed by atoms with van der Waals surface area (Å²) < 4.78 is 66.6. The van der Waals surface area contributed by atoms with Gasteiger partial charge in [-0.2, -0.15) is 17.5 Å². The minimum Gasteiger partial charge on any atom is -0.325 e. The fourth-order valence-electron chi connectivity index (χ4n) is 3.29. The summed E-state index contributed by atoms with van der Waals surface area (Å²) in [6.45, 7) is 2.93. The van der Waals surface area contributed by atoms with Crippen molar-refractivity contribution in [2.24, 2.45) is 0 Å². The number of anilines is 2. The molecule has 178 valence electrons. The zero-order chi connectivity index (χ0) is 24.4. The minimum atomic E-state index is -4.66. The van der Waals surface area contributed by atoms with Crippen molar-refractivity contribution in [1.29, 1.82) is 0 Å². The average Bonchev–Trinajstić information content (AvgIpc) is 2.74. The van der Waals surface area contributed by atoms with E-state index >= 15 is 0 Å². The Balaban J connectivity index is 1.89. The van der Waals surface area contributed by atoms with Crippen molar-refractivity contribution in [3.63, 3.8) is 0 Å². The van der Waals surface area contributed by atoms with Gasteiger partial charge < -0.3 is 15.5 Å². The quantitative estimate of drug-likeness (QED) is 0.680. The molecule has 8 nitrogen and oxygen atoms in total. The normalized spacial score (nSPS) is 15.8. The number of carbonyl (C=O) groups excluding carboxylic acids is 2. The molecule has 0 atom stereocenters. The van der Waals surface area contributed by atoms with Crippen LogP contribution in [0.3, 0.4) is 0 Å². The van der Waals surface area contributed by atoms with Gasteiger partial charge in [0.2, 0.25) is 15.9 Å². The molecular weight excluding hydrogens is 461 g/mol. The fourth-order valence-corrected chi connectivity index (χ4v) is 4.76. The minimum absolute atomic E-state index is 0.0231. The highest BCUT2D eigenvalue weighted by Crippen LogP contribution is 2.34. The molecule has 33 heavy (non-hydrogen) atoms. The van der Waals surface area contributed by atoms with Crippen molar-refractivity contribution in [1.82, 2.24) is 9.21 Å². The van der Waals surface area contributed by atoms with Gasteiger partial charge in [-0.15, -0.1) is 0 Å². The molecule has 12 heteroatoms. The Kier molecular flexibility index (Phi) is 7.10. The lowest BCUT2D eigenvalue weighted by atomic mass is 10.1. The van der Waals surface area contributed by atoms with Crippen LogP contribution >= 0.6 is 0 Å². The van der Waals surface area contributed by atoms with Gasteiger partial charge in [0.1, 0.15) is 0 Å². The van der Waals surface area contributed by atoms with Crippen LogP contribution < -0.4 is 10.6 Å². The number of hydrogen-bond acceptors (Lipinski definition) is 5. The van der Waals surface area contributed by atoms with Gasteiger partial charge >= 0.3 is 6.18 Å². The lowest BCUT2D eigenvalue weighted by Crippen LogP contribution is -2.47. The van der Waals surface area contributed by atoms with Gasteiger partial charge in [0, 0.05) is 38.7 Å². The number of benzene rings is 2. The van der Waals surface area contributed by atoms with E-state index in [1.807, 2.05) is 11.9 Å². The molecule has 0 unspecified atom stereocenters. The number of piperazine rings is 1. The molecule has 0 radical (unpaired) electrons. The molecule has 0 aromatic heterocycles. The fraction of sp³-hybridized carbons (Fsp3) is 0.333. The molecule has 0 saturated carbocycles. The Labute approximate surface area is 189 Å². The number of amides is 2. The van der Waals surface area contributed by atoms with Gasteiger partial charge in [-0.1, -0.05) is 6.07 Å². The third-order valence-electron chi connectivity index (χ3n) is 5.10. The number of halogens is 3. The average molecular weight is 485 g/mol. The third-order valence-corrected chi connectivity index (χ3v) is 7.00. The highest BCUT2D eigenvalue weighted by atomic mass is 32.2. The number of nitrogens with one attached hydrogen (secondary N) is 2. The summed E-state index contributed by atoms with van der Waals surface area (Å²) in [5.41, 5.74) is -1.36. The van der Waals surface area contributed by atoms with Crippen molar-refractivity contribution in [3.8, 4) is 0 Å². The number of carbonyl (C=O) groups is 2. The van der Waals surface area contributed by atoms with E-state index in [2.05, 4.69) is 10.6 Å². The van der Waals surface area contributed by atoms with Crippen LogP contribution in [-0.2, 0) is 21.0 Å². The maximum absolute atomic E-state index is 13.1. The van der Waals surface area contributed by atoms with Gasteiger partial charge in [-0.3, -0.25) is 9.59 Å². The van der Waals surface area contributed by atoms with E-state index in [-0.39, 0.29) is 21.8 Å². The maximum atomic E-state index is 13.1. The molecule has 1 aliphatic rings. The van der Waals surface area contributed by atoms with Crippen LogP contribution in [0.25, 0.3) is 0 Å². The van der Waals surface area contributed by atoms with Crippen LogP contribution in [0.15, 0.2) is 47.4 Å². The van der Waals surface area contributed by atoms with E-state index in [1.54, 1.807) is 0 Å². The molecule has 1 heterocycles. The van der Waals surface area contributed by atoms with Gasteiger partial charge in [0.05, 0.1) is 21.8 Å². The smallest absolute Gasteiger partial charge is 0.325 e. The van der Waals surface area contributed by atoms with E-state index < -0.39 is 33.6 Å². The second-order valence-corrected chi connectivity index (χ2v) is 9.57. The summed E-state index contributed by atoms with van der Waals surface area (Å²) in [5, 5.41) is 4.70. The molecule has 0 aliphatic carbocycles. The lowest BCUT2D eigenvalue weighted by Gasteiger charge is -2.31. The first-order valence-electron chi connectivity index (χ1n) is 9.97. The lowest BCUT2D eigenvalue weighted by molar-refractivity contribution is -0.137. The number of sulfonamides is 1. The van der Waals surface area contributed by atoms with Crippen LogP contribution in [0.1, 0.15) is 22.8 Å². The Morgan fingerprint density at radius 2 is 1.61 bits per heavy atom. The number of hydrogen-bond donors (Lipinski definition) is 2. The van der Waals surface area contributed by atoms with Crippen molar-refractivity contribution in [2.75, 3.05) is 43.9 Å². The van der Waals surface area contributed by atoms with Gasteiger partial charge in [-0.05, 0) is 43.4 Å². The van der Waals surface area contributed by atoms with E-state index in [4.69, 9.17) is 0 Å². The zero-order valence-electron chi connectivity index (χ0n) is 17.9. The Morgan fingerprint density at radius 3 is 2.21 bits per heavy atom. The van der Waals surface area contributed by atoms with Crippen LogP contribution in [0.4, 0.5) is 24.5 Å². The zero-order valence-corrected chi connectivity index (χ0v) is 18.8. The molecule has 0 spiro atoms. The summed E-state index contributed by atoms with van der Waals surface area (Å²) in [6.07, 6.45) is -4.66. The largest absolute Gasteiger partial charge is 0.416 e. The second-order valence-electron chi connectivity index (χ2n) is 7.63. The first-order chi connectivity index (χ1) is 15.4. The monoisotopic (exact) mass is 484 g/mol. The first kappa shape index (κ1) is 24.7. The van der Waals surface area contributed by atoms with Crippen LogP contribution in [0.2, 0.25) is 0 Å². The van der Waals surface area contributed by atoms with Crippen molar-refractivity contribution in [3.05, 3.63) is 53.6 Å². The van der Waals surface area contributed by atoms with Crippen LogP contribution in [0.5, 0.6) is 0 Å². The van der Waals surface area contributed by atoms with Crippen LogP contribution in [0, 0.1) is 0 Å². The molecule has 1 aliphatic heterocycles. The van der Waals surface area contributed by atoms with Crippen molar-refractivity contribution in [2.45, 2.75) is 18.0 Å². The standard InChI is InChI=1S/C21H23F3N4O4S/c1-14(29)25-18-7-6-16(21(22,23)24)13-19(18)26-20(30)15-4-3-5-17(12-15)33(31,32)28-10-8-27(2)9-11-28/h3-7,12-13H,8-11H2,1-2H3,(H,25,29)(H,26,30).